The van der Waals surface area contributed by atoms with Crippen LogP contribution in [0.15, 0.2) is 24.3 Å². The van der Waals surface area contributed by atoms with Crippen LogP contribution in [0, 0.1) is 11.3 Å². The number of H-pyrrole nitrogens is 1. The summed E-state index contributed by atoms with van der Waals surface area (Å²) in [5.74, 6) is 1.41. The molecule has 5 nitrogen and oxygen atoms in total. The van der Waals surface area contributed by atoms with E-state index in [9.17, 15) is 0 Å². The molecular weight excluding hydrogens is 230 g/mol. The number of aromatic nitrogens is 2. The van der Waals surface area contributed by atoms with Crippen LogP contribution in [0.4, 0.5) is 0 Å². The van der Waals surface area contributed by atoms with Gasteiger partial charge in [0.1, 0.15) is 11.5 Å². The number of rotatable bonds is 4. The van der Waals surface area contributed by atoms with Crippen molar-refractivity contribution in [3.8, 4) is 28.8 Å². The van der Waals surface area contributed by atoms with E-state index in [1.165, 1.54) is 0 Å². The molecule has 0 saturated heterocycles. The first kappa shape index (κ1) is 12.0. The Morgan fingerprint density at radius 1 is 1.28 bits per heavy atom. The highest BCUT2D eigenvalue weighted by Gasteiger charge is 2.10. The molecule has 0 atom stereocenters. The lowest BCUT2D eigenvalue weighted by Crippen LogP contribution is -1.90. The van der Waals surface area contributed by atoms with Gasteiger partial charge in [-0.05, 0) is 18.2 Å². The number of aromatic amines is 1. The predicted molar refractivity (Wildman–Crippen MR) is 66.4 cm³/mol. The van der Waals surface area contributed by atoms with Crippen molar-refractivity contribution in [2.24, 2.45) is 0 Å². The highest BCUT2D eigenvalue weighted by atomic mass is 16.5. The molecule has 0 saturated carbocycles. The quantitative estimate of drug-likeness (QED) is 0.893. The van der Waals surface area contributed by atoms with E-state index in [1.807, 2.05) is 18.2 Å². The van der Waals surface area contributed by atoms with Crippen molar-refractivity contribution in [1.82, 2.24) is 10.2 Å². The lowest BCUT2D eigenvalue weighted by atomic mass is 10.1. The van der Waals surface area contributed by atoms with Gasteiger partial charge >= 0.3 is 0 Å². The van der Waals surface area contributed by atoms with E-state index >= 15 is 0 Å². The first-order valence-corrected chi connectivity index (χ1v) is 5.42. The Hall–Kier alpha value is -2.48. The molecule has 1 N–H and O–H groups in total. The number of hydrogen-bond acceptors (Lipinski definition) is 4. The van der Waals surface area contributed by atoms with E-state index in [1.54, 1.807) is 20.3 Å². The first-order valence-electron chi connectivity index (χ1n) is 5.42. The number of nitrogens with one attached hydrogen (secondary N) is 1. The maximum absolute atomic E-state index is 8.63. The van der Waals surface area contributed by atoms with Gasteiger partial charge in [-0.3, -0.25) is 5.10 Å². The summed E-state index contributed by atoms with van der Waals surface area (Å²) >= 11 is 0. The summed E-state index contributed by atoms with van der Waals surface area (Å²) in [7, 11) is 3.20. The summed E-state index contributed by atoms with van der Waals surface area (Å²) in [6.45, 7) is 0. The van der Waals surface area contributed by atoms with Crippen molar-refractivity contribution in [2.75, 3.05) is 14.2 Å². The monoisotopic (exact) mass is 243 g/mol. The standard InChI is InChI=1S/C13H13N3O2/c1-17-10-3-4-11(13(8-10)18-2)12-7-9(5-6-14)15-16-12/h3-4,7-8H,5H2,1-2H3,(H,15,16). The number of hydrogen-bond donors (Lipinski definition) is 1. The van der Waals surface area contributed by atoms with Crippen LogP contribution in [0.25, 0.3) is 11.3 Å². The van der Waals surface area contributed by atoms with E-state index in [-0.39, 0.29) is 0 Å². The molecule has 2 aromatic rings. The van der Waals surface area contributed by atoms with Crippen molar-refractivity contribution in [3.63, 3.8) is 0 Å². The predicted octanol–water partition coefficient (Wildman–Crippen LogP) is 2.16. The molecule has 0 radical (unpaired) electrons. The van der Waals surface area contributed by atoms with Gasteiger partial charge in [-0.2, -0.15) is 10.4 Å². The smallest absolute Gasteiger partial charge is 0.132 e. The van der Waals surface area contributed by atoms with Crippen LogP contribution in [0.1, 0.15) is 5.69 Å². The normalized spacial score (nSPS) is 9.83. The number of nitrogens with zero attached hydrogens (tertiary/aromatic N) is 2. The van der Waals surface area contributed by atoms with Crippen molar-refractivity contribution >= 4 is 0 Å². The molecule has 0 aliphatic carbocycles. The summed E-state index contributed by atoms with van der Waals surface area (Å²) in [6.07, 6.45) is 0.311. The van der Waals surface area contributed by atoms with Gasteiger partial charge in [0.2, 0.25) is 0 Å². The molecule has 0 bridgehead atoms. The molecule has 1 heterocycles. The maximum Gasteiger partial charge on any atom is 0.132 e. The molecule has 1 aromatic heterocycles. The Labute approximate surface area is 105 Å². The Balaban J connectivity index is 2.40. The molecule has 5 heteroatoms. The fourth-order valence-electron chi connectivity index (χ4n) is 1.69. The van der Waals surface area contributed by atoms with Crippen LogP contribution < -0.4 is 9.47 Å². The van der Waals surface area contributed by atoms with Gasteiger partial charge < -0.3 is 9.47 Å². The van der Waals surface area contributed by atoms with Crippen molar-refractivity contribution in [1.29, 1.82) is 5.26 Å². The van der Waals surface area contributed by atoms with Crippen molar-refractivity contribution < 1.29 is 9.47 Å². The van der Waals surface area contributed by atoms with E-state index in [0.717, 1.165) is 22.7 Å². The van der Waals surface area contributed by atoms with Gasteiger partial charge in [0, 0.05) is 17.3 Å². The highest BCUT2D eigenvalue weighted by molar-refractivity contribution is 5.68. The summed E-state index contributed by atoms with van der Waals surface area (Å²) < 4.78 is 10.5. The molecule has 0 aliphatic heterocycles. The number of benzene rings is 1. The van der Waals surface area contributed by atoms with E-state index < -0.39 is 0 Å². The average molecular weight is 243 g/mol. The van der Waals surface area contributed by atoms with Crippen LogP contribution >= 0.6 is 0 Å². The second kappa shape index (κ2) is 5.23. The van der Waals surface area contributed by atoms with E-state index in [0.29, 0.717) is 12.2 Å². The number of nitriles is 1. The molecule has 0 amide bonds. The summed E-state index contributed by atoms with van der Waals surface area (Å²) in [5.41, 5.74) is 2.39. The van der Waals surface area contributed by atoms with Gasteiger partial charge in [-0.15, -0.1) is 0 Å². The van der Waals surface area contributed by atoms with Crippen molar-refractivity contribution in [3.05, 3.63) is 30.0 Å². The molecule has 0 aliphatic rings. The zero-order chi connectivity index (χ0) is 13.0. The van der Waals surface area contributed by atoms with Crippen LogP contribution in [0.5, 0.6) is 11.5 Å². The minimum Gasteiger partial charge on any atom is -0.497 e. The molecule has 18 heavy (non-hydrogen) atoms. The Kier molecular flexibility index (Phi) is 3.49. The topological polar surface area (TPSA) is 70.9 Å². The Morgan fingerprint density at radius 3 is 2.78 bits per heavy atom. The van der Waals surface area contributed by atoms with Crippen LogP contribution in [-0.4, -0.2) is 24.4 Å². The molecule has 0 spiro atoms. The lowest BCUT2D eigenvalue weighted by molar-refractivity contribution is 0.395. The van der Waals surface area contributed by atoms with Crippen LogP contribution in [0.3, 0.4) is 0 Å². The van der Waals surface area contributed by atoms with Gasteiger partial charge in [0.15, 0.2) is 0 Å². The summed E-state index contributed by atoms with van der Waals surface area (Å²) in [5, 5.41) is 15.6. The summed E-state index contributed by atoms with van der Waals surface area (Å²) in [6, 6.07) is 9.44. The second-order valence-electron chi connectivity index (χ2n) is 3.68. The Morgan fingerprint density at radius 2 is 2.11 bits per heavy atom. The van der Waals surface area contributed by atoms with Gasteiger partial charge in [0.25, 0.3) is 0 Å². The van der Waals surface area contributed by atoms with Gasteiger partial charge in [0.05, 0.1) is 32.4 Å². The van der Waals surface area contributed by atoms with Gasteiger partial charge in [-0.1, -0.05) is 0 Å². The molecule has 0 unspecified atom stereocenters. The largest absolute Gasteiger partial charge is 0.497 e. The number of methoxy groups -OCH3 is 2. The molecular formula is C13H13N3O2. The average Bonchev–Trinajstić information content (AvgIpc) is 2.87. The highest BCUT2D eigenvalue weighted by Crippen LogP contribution is 2.32. The molecule has 2 rings (SSSR count). The zero-order valence-electron chi connectivity index (χ0n) is 10.2. The minimum absolute atomic E-state index is 0.311. The Bertz CT molecular complexity index is 584. The van der Waals surface area contributed by atoms with Crippen LogP contribution in [0.2, 0.25) is 0 Å². The summed E-state index contributed by atoms with van der Waals surface area (Å²) in [4.78, 5) is 0. The fraction of sp³-hybridized carbons (Fsp3) is 0.231. The third-order valence-electron chi connectivity index (χ3n) is 2.59. The fourth-order valence-corrected chi connectivity index (χ4v) is 1.69. The third-order valence-corrected chi connectivity index (χ3v) is 2.59. The maximum atomic E-state index is 8.63. The van der Waals surface area contributed by atoms with E-state index in [4.69, 9.17) is 14.7 Å². The van der Waals surface area contributed by atoms with Crippen LogP contribution in [-0.2, 0) is 6.42 Å². The lowest BCUT2D eigenvalue weighted by Gasteiger charge is -2.08. The van der Waals surface area contributed by atoms with E-state index in [2.05, 4.69) is 16.3 Å². The molecule has 92 valence electrons. The van der Waals surface area contributed by atoms with Crippen molar-refractivity contribution in [2.45, 2.75) is 6.42 Å². The first-order chi connectivity index (χ1) is 8.78. The minimum atomic E-state index is 0.311. The third kappa shape index (κ3) is 2.28. The molecule has 1 aromatic carbocycles. The number of ether oxygens (including phenoxy) is 2. The SMILES string of the molecule is COc1ccc(-c2cc(CC#N)[nH]n2)c(OC)c1. The second-order valence-corrected chi connectivity index (χ2v) is 3.68. The zero-order valence-corrected chi connectivity index (χ0v) is 10.2. The molecule has 0 fully saturated rings. The van der Waals surface area contributed by atoms with Gasteiger partial charge in [-0.25, -0.2) is 0 Å².